The van der Waals surface area contributed by atoms with Crippen LogP contribution in [0.4, 0.5) is 0 Å². The topological polar surface area (TPSA) is 92.1 Å². The summed E-state index contributed by atoms with van der Waals surface area (Å²) in [7, 11) is 1.68. The minimum atomic E-state index is -0.346. The van der Waals surface area contributed by atoms with Gasteiger partial charge in [-0.05, 0) is 32.3 Å². The third-order valence-corrected chi connectivity index (χ3v) is 6.35. The third-order valence-electron chi connectivity index (χ3n) is 6.35. The molecule has 0 amide bonds. The van der Waals surface area contributed by atoms with Crippen molar-refractivity contribution in [3.63, 3.8) is 0 Å². The van der Waals surface area contributed by atoms with E-state index in [1.807, 2.05) is 25.3 Å². The van der Waals surface area contributed by atoms with Crippen LogP contribution in [0.25, 0.3) is 17.1 Å². The van der Waals surface area contributed by atoms with Crippen LogP contribution in [-0.2, 0) is 24.9 Å². The summed E-state index contributed by atoms with van der Waals surface area (Å²) in [5.41, 5.74) is 3.18. The van der Waals surface area contributed by atoms with Crippen molar-refractivity contribution in [2.45, 2.75) is 47.7 Å². The van der Waals surface area contributed by atoms with E-state index in [9.17, 15) is 9.59 Å². The smallest absolute Gasteiger partial charge is 0.332 e. The van der Waals surface area contributed by atoms with E-state index in [1.165, 1.54) is 9.13 Å². The lowest BCUT2D eigenvalue weighted by atomic mass is 10.2. The molecule has 174 valence electrons. The van der Waals surface area contributed by atoms with Crippen LogP contribution < -0.4 is 11.2 Å². The Morgan fingerprint density at radius 3 is 2.31 bits per heavy atom. The van der Waals surface area contributed by atoms with Gasteiger partial charge in [-0.1, -0.05) is 13.8 Å². The Morgan fingerprint density at radius 2 is 1.72 bits per heavy atom. The number of rotatable bonds is 6. The second-order valence-electron chi connectivity index (χ2n) is 9.05. The minimum Gasteiger partial charge on any atom is -0.379 e. The fraction of sp³-hybridized carbons (Fsp3) is 0.636. The molecule has 0 bridgehead atoms. The fourth-order valence-electron chi connectivity index (χ4n) is 4.24. The van der Waals surface area contributed by atoms with Gasteiger partial charge in [0.2, 0.25) is 5.95 Å². The van der Waals surface area contributed by atoms with Gasteiger partial charge < -0.3 is 9.30 Å². The average Bonchev–Trinajstić information content (AvgIpc) is 3.25. The van der Waals surface area contributed by atoms with Crippen LogP contribution in [0.3, 0.4) is 0 Å². The van der Waals surface area contributed by atoms with Crippen molar-refractivity contribution in [2.75, 3.05) is 32.8 Å². The number of hydrogen-bond acceptors (Lipinski definition) is 6. The molecule has 0 aromatic carbocycles. The molecule has 0 saturated carbocycles. The van der Waals surface area contributed by atoms with Gasteiger partial charge in [0.1, 0.15) is 0 Å². The lowest BCUT2D eigenvalue weighted by molar-refractivity contribution is 0.0361. The SMILES string of the molecule is Cc1nn(-c2nc3c(c(=O)n(CCN4CCOCC4)c(=O)n3C)n2CC(C)C)c(C)c1C. The molecule has 0 unspecified atom stereocenters. The largest absolute Gasteiger partial charge is 0.379 e. The Balaban J connectivity index is 1.89. The van der Waals surface area contributed by atoms with Crippen LogP contribution in [0.15, 0.2) is 9.59 Å². The second-order valence-corrected chi connectivity index (χ2v) is 9.05. The Hall–Kier alpha value is -2.72. The number of ether oxygens (including phenoxy) is 1. The van der Waals surface area contributed by atoms with Gasteiger partial charge in [-0.25, -0.2) is 9.48 Å². The lowest BCUT2D eigenvalue weighted by Crippen LogP contribution is -2.44. The van der Waals surface area contributed by atoms with Crippen LogP contribution in [0, 0.1) is 26.7 Å². The molecule has 1 aliphatic rings. The van der Waals surface area contributed by atoms with Crippen LogP contribution >= 0.6 is 0 Å². The molecule has 0 radical (unpaired) electrons. The average molecular weight is 444 g/mol. The monoisotopic (exact) mass is 443 g/mol. The van der Waals surface area contributed by atoms with E-state index in [0.29, 0.717) is 50.0 Å². The van der Waals surface area contributed by atoms with E-state index in [4.69, 9.17) is 9.72 Å². The molecule has 10 heteroatoms. The first-order valence-electron chi connectivity index (χ1n) is 11.2. The molecular formula is C22H33N7O3. The summed E-state index contributed by atoms with van der Waals surface area (Å²) >= 11 is 0. The molecule has 32 heavy (non-hydrogen) atoms. The quantitative estimate of drug-likeness (QED) is 0.564. The summed E-state index contributed by atoms with van der Waals surface area (Å²) in [4.78, 5) is 33.7. The van der Waals surface area contributed by atoms with E-state index >= 15 is 0 Å². The molecule has 3 aromatic rings. The molecule has 0 spiro atoms. The zero-order valence-electron chi connectivity index (χ0n) is 19.9. The van der Waals surface area contributed by atoms with E-state index in [2.05, 4.69) is 23.8 Å². The number of hydrogen-bond donors (Lipinski definition) is 0. The van der Waals surface area contributed by atoms with Crippen LogP contribution in [-0.4, -0.2) is 66.2 Å². The summed E-state index contributed by atoms with van der Waals surface area (Å²) < 4.78 is 11.9. The maximum atomic E-state index is 13.6. The highest BCUT2D eigenvalue weighted by molar-refractivity contribution is 5.72. The normalized spacial score (nSPS) is 15.3. The summed E-state index contributed by atoms with van der Waals surface area (Å²) in [6.07, 6.45) is 0. The third kappa shape index (κ3) is 3.81. The Labute approximate surface area is 187 Å². The van der Waals surface area contributed by atoms with E-state index in [0.717, 1.165) is 30.0 Å². The van der Waals surface area contributed by atoms with Crippen LogP contribution in [0.5, 0.6) is 0 Å². The van der Waals surface area contributed by atoms with Crippen LogP contribution in [0.2, 0.25) is 0 Å². The molecule has 10 nitrogen and oxygen atoms in total. The van der Waals surface area contributed by atoms with Crippen molar-refractivity contribution in [3.05, 3.63) is 37.8 Å². The summed E-state index contributed by atoms with van der Waals surface area (Å²) in [5.74, 6) is 0.850. The van der Waals surface area contributed by atoms with E-state index < -0.39 is 0 Å². The van der Waals surface area contributed by atoms with E-state index in [1.54, 1.807) is 11.7 Å². The number of nitrogens with zero attached hydrogens (tertiary/aromatic N) is 7. The van der Waals surface area contributed by atoms with Gasteiger partial charge in [-0.3, -0.25) is 18.8 Å². The van der Waals surface area contributed by atoms with E-state index in [-0.39, 0.29) is 17.2 Å². The van der Waals surface area contributed by atoms with Crippen LogP contribution in [0.1, 0.15) is 30.8 Å². The number of aromatic nitrogens is 6. The first kappa shape index (κ1) is 22.5. The number of aryl methyl sites for hydroxylation is 2. The zero-order chi connectivity index (χ0) is 23.2. The molecule has 1 aliphatic heterocycles. The van der Waals surface area contributed by atoms with Gasteiger partial charge in [0, 0.05) is 45.5 Å². The molecule has 0 N–H and O–H groups in total. The molecule has 1 saturated heterocycles. The summed E-state index contributed by atoms with van der Waals surface area (Å²) in [6.45, 7) is 14.7. The molecular weight excluding hydrogens is 410 g/mol. The first-order chi connectivity index (χ1) is 15.2. The summed E-state index contributed by atoms with van der Waals surface area (Å²) in [5, 5.41) is 4.66. The predicted molar refractivity (Wildman–Crippen MR) is 123 cm³/mol. The maximum absolute atomic E-state index is 13.6. The van der Waals surface area contributed by atoms with Gasteiger partial charge in [0.25, 0.3) is 5.56 Å². The van der Waals surface area contributed by atoms with Crippen molar-refractivity contribution in [2.24, 2.45) is 13.0 Å². The van der Waals surface area contributed by atoms with Gasteiger partial charge in [0.15, 0.2) is 11.2 Å². The van der Waals surface area contributed by atoms with Gasteiger partial charge >= 0.3 is 5.69 Å². The molecule has 4 heterocycles. The number of morpholine rings is 1. The molecule has 1 fully saturated rings. The molecule has 0 atom stereocenters. The predicted octanol–water partition coefficient (Wildman–Crippen LogP) is 0.996. The van der Waals surface area contributed by atoms with Crippen molar-refractivity contribution >= 4 is 11.2 Å². The van der Waals surface area contributed by atoms with Crippen molar-refractivity contribution in [3.8, 4) is 5.95 Å². The molecule has 0 aliphatic carbocycles. The van der Waals surface area contributed by atoms with Gasteiger partial charge in [0.05, 0.1) is 18.9 Å². The van der Waals surface area contributed by atoms with Crippen molar-refractivity contribution in [1.82, 2.24) is 33.4 Å². The highest BCUT2D eigenvalue weighted by Gasteiger charge is 2.24. The fourth-order valence-corrected chi connectivity index (χ4v) is 4.24. The number of fused-ring (bicyclic) bond motifs is 1. The highest BCUT2D eigenvalue weighted by Crippen LogP contribution is 2.21. The highest BCUT2D eigenvalue weighted by atomic mass is 16.5. The lowest BCUT2D eigenvalue weighted by Gasteiger charge is -2.26. The summed E-state index contributed by atoms with van der Waals surface area (Å²) in [6, 6.07) is 0. The molecule has 4 rings (SSSR count). The maximum Gasteiger partial charge on any atom is 0.332 e. The minimum absolute atomic E-state index is 0.280. The zero-order valence-corrected chi connectivity index (χ0v) is 19.9. The van der Waals surface area contributed by atoms with Crippen molar-refractivity contribution in [1.29, 1.82) is 0 Å². The molecule has 3 aromatic heterocycles. The Kier molecular flexibility index (Phi) is 6.09. The Morgan fingerprint density at radius 1 is 1.03 bits per heavy atom. The van der Waals surface area contributed by atoms with Gasteiger partial charge in [-0.15, -0.1) is 0 Å². The standard InChI is InChI=1S/C22H33N7O3/c1-14(2)13-28-18-19(23-21(28)29-17(5)15(3)16(4)24-29)25(6)22(31)27(20(18)30)8-7-26-9-11-32-12-10-26/h14H,7-13H2,1-6H3. The Bertz CT molecular complexity index is 1260. The first-order valence-corrected chi connectivity index (χ1v) is 11.2. The van der Waals surface area contributed by atoms with Crippen molar-refractivity contribution < 1.29 is 4.74 Å². The number of imidazole rings is 1. The van der Waals surface area contributed by atoms with Gasteiger partial charge in [-0.2, -0.15) is 10.1 Å². The second kappa shape index (κ2) is 8.67.